The average molecular weight is 322 g/mol. The van der Waals surface area contributed by atoms with Crippen LogP contribution in [0.3, 0.4) is 0 Å². The van der Waals surface area contributed by atoms with Gasteiger partial charge < -0.3 is 14.5 Å². The van der Waals surface area contributed by atoms with Crippen molar-refractivity contribution in [3.05, 3.63) is 66.2 Å². The number of furan rings is 1. The molecule has 0 atom stereocenters. The maximum atomic E-state index is 11.6. The van der Waals surface area contributed by atoms with Crippen LogP contribution in [-0.4, -0.2) is 10.9 Å². The van der Waals surface area contributed by atoms with Gasteiger partial charge in [0.2, 0.25) is 5.91 Å². The molecule has 0 saturated heterocycles. The Labute approximate surface area is 140 Å². The van der Waals surface area contributed by atoms with Crippen molar-refractivity contribution in [2.24, 2.45) is 0 Å². The van der Waals surface area contributed by atoms with Gasteiger partial charge in [0, 0.05) is 22.7 Å². The number of aromatic nitrogens is 1. The molecule has 1 N–H and O–H groups in total. The number of aryl methyl sites for hydroxylation is 1. The fraction of sp³-hybridized carbons (Fsp3) is 0.158. The second kappa shape index (κ2) is 6.58. The number of nitrogens with zero attached hydrogens (tertiary/aromatic N) is 1. The lowest BCUT2D eigenvalue weighted by Gasteiger charge is -2.04. The van der Waals surface area contributed by atoms with Crippen molar-refractivity contribution in [2.45, 2.75) is 20.4 Å². The summed E-state index contributed by atoms with van der Waals surface area (Å²) in [6, 6.07) is 9.29. The zero-order chi connectivity index (χ0) is 17.1. The van der Waals surface area contributed by atoms with Crippen LogP contribution in [0.25, 0.3) is 11.0 Å². The summed E-state index contributed by atoms with van der Waals surface area (Å²) >= 11 is 0. The van der Waals surface area contributed by atoms with E-state index in [-0.39, 0.29) is 5.91 Å². The monoisotopic (exact) mass is 322 g/mol. The first kappa shape index (κ1) is 15.8. The minimum atomic E-state index is -0.185. The first-order valence-electron chi connectivity index (χ1n) is 7.58. The van der Waals surface area contributed by atoms with Gasteiger partial charge in [-0.05, 0) is 44.2 Å². The number of carbonyl (C=O) groups excluding carboxylic acids is 1. The van der Waals surface area contributed by atoms with Gasteiger partial charge in [-0.25, -0.2) is 0 Å². The molecule has 24 heavy (non-hydrogen) atoms. The molecule has 0 fully saturated rings. The Morgan fingerprint density at radius 2 is 2.17 bits per heavy atom. The van der Waals surface area contributed by atoms with E-state index in [1.807, 2.05) is 37.3 Å². The van der Waals surface area contributed by atoms with Gasteiger partial charge in [0.1, 0.15) is 22.8 Å². The number of pyridine rings is 1. The molecule has 122 valence electrons. The van der Waals surface area contributed by atoms with Crippen LogP contribution < -0.4 is 10.1 Å². The van der Waals surface area contributed by atoms with Gasteiger partial charge in [-0.15, -0.1) is 0 Å². The maximum Gasteiger partial charge on any atom is 0.246 e. The maximum absolute atomic E-state index is 11.6. The predicted molar refractivity (Wildman–Crippen MR) is 91.9 cm³/mol. The summed E-state index contributed by atoms with van der Waals surface area (Å²) in [4.78, 5) is 15.7. The minimum Gasteiger partial charge on any atom is -0.459 e. The van der Waals surface area contributed by atoms with Crippen LogP contribution in [0.15, 0.2) is 59.3 Å². The third kappa shape index (κ3) is 3.30. The van der Waals surface area contributed by atoms with Crippen LogP contribution in [0.1, 0.15) is 18.2 Å². The smallest absolute Gasteiger partial charge is 0.246 e. The Morgan fingerprint density at radius 1 is 1.33 bits per heavy atom. The zero-order valence-electron chi connectivity index (χ0n) is 13.6. The Balaban J connectivity index is 1.83. The molecular formula is C19H18N2O3. The zero-order valence-corrected chi connectivity index (χ0v) is 13.6. The van der Waals surface area contributed by atoms with E-state index in [0.29, 0.717) is 23.6 Å². The summed E-state index contributed by atoms with van der Waals surface area (Å²) in [7, 11) is 0. The Bertz CT molecular complexity index is 898. The van der Waals surface area contributed by atoms with Crippen molar-refractivity contribution >= 4 is 16.9 Å². The van der Waals surface area contributed by atoms with E-state index < -0.39 is 0 Å². The van der Waals surface area contributed by atoms with Gasteiger partial charge in [-0.2, -0.15) is 0 Å². The highest BCUT2D eigenvalue weighted by Gasteiger charge is 2.13. The highest BCUT2D eigenvalue weighted by molar-refractivity contribution is 5.92. The Morgan fingerprint density at radius 3 is 2.88 bits per heavy atom. The molecule has 3 aromatic rings. The predicted octanol–water partition coefficient (Wildman–Crippen LogP) is 4.12. The number of ether oxygens (including phenoxy) is 1. The van der Waals surface area contributed by atoms with Gasteiger partial charge in [-0.1, -0.05) is 6.58 Å². The van der Waals surface area contributed by atoms with Crippen LogP contribution in [0, 0.1) is 6.92 Å². The molecule has 0 aliphatic rings. The fourth-order valence-corrected chi connectivity index (χ4v) is 2.34. The lowest BCUT2D eigenvalue weighted by molar-refractivity contribution is -0.117. The van der Waals surface area contributed by atoms with E-state index in [1.54, 1.807) is 19.3 Å². The molecule has 0 unspecified atom stereocenters. The summed E-state index contributed by atoms with van der Waals surface area (Å²) in [6.07, 6.45) is 3.35. The number of hydrogen-bond donors (Lipinski definition) is 1. The Hall–Kier alpha value is -3.08. The van der Waals surface area contributed by atoms with E-state index in [0.717, 1.165) is 22.3 Å². The molecule has 1 amide bonds. The van der Waals surface area contributed by atoms with Gasteiger partial charge in [-0.3, -0.25) is 9.78 Å². The molecule has 5 nitrogen and oxygen atoms in total. The molecule has 1 aromatic carbocycles. The van der Waals surface area contributed by atoms with E-state index in [1.165, 1.54) is 0 Å². The van der Waals surface area contributed by atoms with E-state index in [2.05, 4.69) is 16.9 Å². The molecule has 0 aliphatic carbocycles. The molecule has 0 radical (unpaired) electrons. The van der Waals surface area contributed by atoms with Gasteiger partial charge >= 0.3 is 0 Å². The van der Waals surface area contributed by atoms with Crippen molar-refractivity contribution in [1.29, 1.82) is 0 Å². The molecule has 0 saturated carbocycles. The first-order chi connectivity index (χ1) is 11.5. The molecular weight excluding hydrogens is 304 g/mol. The van der Waals surface area contributed by atoms with Crippen molar-refractivity contribution in [2.75, 3.05) is 0 Å². The van der Waals surface area contributed by atoms with Crippen molar-refractivity contribution < 1.29 is 13.9 Å². The number of fused-ring (bicyclic) bond motifs is 1. The summed E-state index contributed by atoms with van der Waals surface area (Å²) < 4.78 is 11.6. The molecule has 0 spiro atoms. The fourth-order valence-electron chi connectivity index (χ4n) is 2.34. The van der Waals surface area contributed by atoms with E-state index >= 15 is 0 Å². The second-order valence-electron chi connectivity index (χ2n) is 5.56. The third-order valence-corrected chi connectivity index (χ3v) is 3.67. The SMILES string of the molecule is C=C(C)C(=O)NCc1oc2ccc(Oc3cccnc3)cc2c1C. The highest BCUT2D eigenvalue weighted by Crippen LogP contribution is 2.30. The molecule has 2 aromatic heterocycles. The molecule has 2 heterocycles. The molecule has 0 aliphatic heterocycles. The van der Waals surface area contributed by atoms with Crippen molar-refractivity contribution in [3.63, 3.8) is 0 Å². The van der Waals surface area contributed by atoms with Crippen LogP contribution in [-0.2, 0) is 11.3 Å². The highest BCUT2D eigenvalue weighted by atomic mass is 16.5. The topological polar surface area (TPSA) is 64.4 Å². The summed E-state index contributed by atoms with van der Waals surface area (Å²) in [6.45, 7) is 7.57. The third-order valence-electron chi connectivity index (χ3n) is 3.67. The summed E-state index contributed by atoms with van der Waals surface area (Å²) in [5, 5.41) is 3.74. The lowest BCUT2D eigenvalue weighted by Crippen LogP contribution is -2.23. The normalized spacial score (nSPS) is 10.6. The second-order valence-corrected chi connectivity index (χ2v) is 5.56. The molecule has 5 heteroatoms. The lowest BCUT2D eigenvalue weighted by atomic mass is 10.1. The van der Waals surface area contributed by atoms with Crippen LogP contribution in [0.2, 0.25) is 0 Å². The van der Waals surface area contributed by atoms with E-state index in [4.69, 9.17) is 9.15 Å². The first-order valence-corrected chi connectivity index (χ1v) is 7.58. The molecule has 0 bridgehead atoms. The summed E-state index contributed by atoms with van der Waals surface area (Å²) in [5.41, 5.74) is 2.20. The standard InChI is InChI=1S/C19H18N2O3/c1-12(2)19(22)21-11-18-13(3)16-9-14(6-7-17(16)24-18)23-15-5-4-8-20-10-15/h4-10H,1,11H2,2-3H3,(H,21,22). The van der Waals surface area contributed by atoms with Crippen LogP contribution >= 0.6 is 0 Å². The van der Waals surface area contributed by atoms with Gasteiger partial charge in [0.15, 0.2) is 0 Å². The van der Waals surface area contributed by atoms with E-state index in [9.17, 15) is 4.79 Å². The van der Waals surface area contributed by atoms with Crippen LogP contribution in [0.4, 0.5) is 0 Å². The number of rotatable bonds is 5. The minimum absolute atomic E-state index is 0.185. The largest absolute Gasteiger partial charge is 0.459 e. The number of amides is 1. The average Bonchev–Trinajstić information content (AvgIpc) is 2.89. The van der Waals surface area contributed by atoms with Gasteiger partial charge in [0.25, 0.3) is 0 Å². The van der Waals surface area contributed by atoms with Crippen LogP contribution in [0.5, 0.6) is 11.5 Å². The van der Waals surface area contributed by atoms with Crippen molar-refractivity contribution in [1.82, 2.24) is 10.3 Å². The van der Waals surface area contributed by atoms with Gasteiger partial charge in [0.05, 0.1) is 12.7 Å². The number of carbonyl (C=O) groups is 1. The number of benzene rings is 1. The molecule has 3 rings (SSSR count). The van der Waals surface area contributed by atoms with Crippen molar-refractivity contribution in [3.8, 4) is 11.5 Å². The quantitative estimate of drug-likeness (QED) is 0.718. The Kier molecular flexibility index (Phi) is 4.33. The number of nitrogens with one attached hydrogen (secondary N) is 1. The summed E-state index contributed by atoms with van der Waals surface area (Å²) in [5.74, 6) is 1.91. The number of hydrogen-bond acceptors (Lipinski definition) is 4.